The van der Waals surface area contributed by atoms with Crippen LogP contribution >= 0.6 is 11.8 Å². The molecular weight excluding hydrogens is 251 g/mol. The number of halogens is 3. The molecule has 0 radical (unpaired) electrons. The van der Waals surface area contributed by atoms with Gasteiger partial charge >= 0.3 is 5.51 Å². The summed E-state index contributed by atoms with van der Waals surface area (Å²) in [7, 11) is 1.75. The molecule has 1 rings (SSSR count). The van der Waals surface area contributed by atoms with Crippen LogP contribution in [0.1, 0.15) is 11.3 Å². The second kappa shape index (κ2) is 5.98. The molecule has 0 spiro atoms. The average molecular weight is 263 g/mol. The first-order chi connectivity index (χ1) is 7.92. The fourth-order valence-electron chi connectivity index (χ4n) is 1.31. The summed E-state index contributed by atoms with van der Waals surface area (Å²) >= 11 is -0.0385. The van der Waals surface area contributed by atoms with Crippen LogP contribution in [0.15, 0.2) is 12.3 Å². The van der Waals surface area contributed by atoms with Crippen molar-refractivity contribution in [1.82, 2.24) is 9.88 Å². The molecule has 94 valence electrons. The number of nitrogens with zero attached hydrogens (tertiary/aromatic N) is 2. The zero-order chi connectivity index (χ0) is 12.9. The third-order valence-corrected chi connectivity index (χ3v) is 2.79. The van der Waals surface area contributed by atoms with Crippen molar-refractivity contribution in [3.8, 4) is 6.07 Å². The van der Waals surface area contributed by atoms with Crippen molar-refractivity contribution in [2.45, 2.75) is 12.1 Å². The van der Waals surface area contributed by atoms with E-state index < -0.39 is 5.51 Å². The van der Waals surface area contributed by atoms with Crippen LogP contribution in [-0.4, -0.2) is 22.4 Å². The van der Waals surface area contributed by atoms with Crippen LogP contribution in [0.25, 0.3) is 0 Å². The fraction of sp³-hybridized carbons (Fsp3) is 0.500. The van der Waals surface area contributed by atoms with Crippen LogP contribution in [0, 0.1) is 11.3 Å². The number of nitriles is 1. The minimum atomic E-state index is -4.16. The minimum absolute atomic E-state index is 0.0125. The van der Waals surface area contributed by atoms with Gasteiger partial charge < -0.3 is 9.88 Å². The van der Waals surface area contributed by atoms with Crippen molar-refractivity contribution in [3.63, 3.8) is 0 Å². The van der Waals surface area contributed by atoms with Crippen molar-refractivity contribution in [2.75, 3.05) is 12.3 Å². The lowest BCUT2D eigenvalue weighted by Gasteiger charge is -2.05. The Bertz CT molecular complexity index is 406. The summed E-state index contributed by atoms with van der Waals surface area (Å²) in [6, 6.07) is 3.73. The zero-order valence-electron chi connectivity index (χ0n) is 9.21. The monoisotopic (exact) mass is 263 g/mol. The summed E-state index contributed by atoms with van der Waals surface area (Å²) in [5.74, 6) is -0.0125. The van der Waals surface area contributed by atoms with Crippen LogP contribution in [0.2, 0.25) is 0 Å². The SMILES string of the molecule is Cn1cc(CNCCSC(F)(F)F)cc1C#N. The highest BCUT2D eigenvalue weighted by Gasteiger charge is 2.27. The summed E-state index contributed by atoms with van der Waals surface area (Å²) in [5, 5.41) is 11.6. The van der Waals surface area contributed by atoms with Crippen LogP contribution in [0.3, 0.4) is 0 Å². The van der Waals surface area contributed by atoms with Crippen molar-refractivity contribution < 1.29 is 13.2 Å². The lowest BCUT2D eigenvalue weighted by atomic mass is 10.3. The maximum Gasteiger partial charge on any atom is 0.441 e. The van der Waals surface area contributed by atoms with E-state index in [2.05, 4.69) is 5.32 Å². The lowest BCUT2D eigenvalue weighted by Crippen LogP contribution is -2.18. The van der Waals surface area contributed by atoms with Crippen LogP contribution < -0.4 is 5.32 Å². The zero-order valence-corrected chi connectivity index (χ0v) is 10.0. The van der Waals surface area contributed by atoms with E-state index in [4.69, 9.17) is 5.26 Å². The first kappa shape index (κ1) is 13.9. The Balaban J connectivity index is 2.25. The molecule has 0 bridgehead atoms. The predicted octanol–water partition coefficient (Wildman–Crippen LogP) is 2.24. The van der Waals surface area contributed by atoms with E-state index in [0.717, 1.165) is 5.56 Å². The molecule has 1 aromatic rings. The fourth-order valence-corrected chi connectivity index (χ4v) is 1.79. The Labute approximate surface area is 102 Å². The Morgan fingerprint density at radius 3 is 2.76 bits per heavy atom. The third kappa shape index (κ3) is 5.15. The van der Waals surface area contributed by atoms with Gasteiger partial charge in [-0.15, -0.1) is 0 Å². The molecule has 0 saturated heterocycles. The van der Waals surface area contributed by atoms with E-state index in [9.17, 15) is 13.2 Å². The normalized spacial score (nSPS) is 11.5. The Morgan fingerprint density at radius 2 is 2.24 bits per heavy atom. The Kier molecular flexibility index (Phi) is 4.90. The lowest BCUT2D eigenvalue weighted by molar-refractivity contribution is -0.0327. The maximum atomic E-state index is 11.8. The quantitative estimate of drug-likeness (QED) is 0.828. The van der Waals surface area contributed by atoms with E-state index >= 15 is 0 Å². The molecule has 1 heterocycles. The van der Waals surface area contributed by atoms with Gasteiger partial charge in [0.15, 0.2) is 0 Å². The van der Waals surface area contributed by atoms with E-state index in [1.807, 2.05) is 6.07 Å². The summed E-state index contributed by atoms with van der Waals surface area (Å²) < 4.78 is 37.1. The van der Waals surface area contributed by atoms with Crippen molar-refractivity contribution in [2.24, 2.45) is 7.05 Å². The van der Waals surface area contributed by atoms with E-state index in [1.165, 1.54) is 0 Å². The second-order valence-electron chi connectivity index (χ2n) is 3.43. The molecule has 0 aromatic carbocycles. The molecule has 0 fully saturated rings. The number of hydrogen-bond acceptors (Lipinski definition) is 3. The molecule has 1 aromatic heterocycles. The third-order valence-electron chi connectivity index (χ3n) is 2.05. The molecule has 7 heteroatoms. The van der Waals surface area contributed by atoms with Crippen LogP contribution in [0.5, 0.6) is 0 Å². The van der Waals surface area contributed by atoms with E-state index in [-0.39, 0.29) is 24.1 Å². The predicted molar refractivity (Wildman–Crippen MR) is 60.3 cm³/mol. The first-order valence-corrected chi connectivity index (χ1v) is 5.87. The molecule has 0 aliphatic carbocycles. The number of rotatable bonds is 5. The van der Waals surface area contributed by atoms with Crippen molar-refractivity contribution >= 4 is 11.8 Å². The number of nitrogens with one attached hydrogen (secondary N) is 1. The van der Waals surface area contributed by atoms with Gasteiger partial charge in [0.05, 0.1) is 0 Å². The Hall–Kier alpha value is -1.13. The van der Waals surface area contributed by atoms with Gasteiger partial charge in [-0.05, 0) is 23.4 Å². The molecule has 0 amide bonds. The number of aromatic nitrogens is 1. The van der Waals surface area contributed by atoms with Gasteiger partial charge in [0.25, 0.3) is 0 Å². The largest absolute Gasteiger partial charge is 0.441 e. The molecule has 17 heavy (non-hydrogen) atoms. The van der Waals surface area contributed by atoms with Crippen LogP contribution in [0.4, 0.5) is 13.2 Å². The summed E-state index contributed by atoms with van der Waals surface area (Å²) in [5.41, 5.74) is -2.74. The van der Waals surface area contributed by atoms with Crippen molar-refractivity contribution in [1.29, 1.82) is 5.26 Å². The van der Waals surface area contributed by atoms with Gasteiger partial charge in [0.2, 0.25) is 0 Å². The van der Waals surface area contributed by atoms with Crippen LogP contribution in [-0.2, 0) is 13.6 Å². The van der Waals surface area contributed by atoms with Gasteiger partial charge in [-0.2, -0.15) is 18.4 Å². The topological polar surface area (TPSA) is 40.8 Å². The summed E-state index contributed by atoms with van der Waals surface area (Å²) in [6.07, 6.45) is 1.78. The smallest absolute Gasteiger partial charge is 0.342 e. The number of thioether (sulfide) groups is 1. The van der Waals surface area contributed by atoms with Gasteiger partial charge in [0.1, 0.15) is 11.8 Å². The molecular formula is C10H12F3N3S. The highest BCUT2D eigenvalue weighted by Crippen LogP contribution is 2.29. The first-order valence-electron chi connectivity index (χ1n) is 4.89. The molecule has 1 N–H and O–H groups in total. The summed E-state index contributed by atoms with van der Waals surface area (Å²) in [6.45, 7) is 0.745. The number of aryl methyl sites for hydroxylation is 1. The average Bonchev–Trinajstić information content (AvgIpc) is 2.57. The minimum Gasteiger partial charge on any atom is -0.342 e. The van der Waals surface area contributed by atoms with E-state index in [0.29, 0.717) is 12.2 Å². The molecule has 0 aliphatic rings. The van der Waals surface area contributed by atoms with Gasteiger partial charge in [0, 0.05) is 32.1 Å². The molecule has 0 atom stereocenters. The Morgan fingerprint density at radius 1 is 1.53 bits per heavy atom. The van der Waals surface area contributed by atoms with Gasteiger partial charge in [-0.1, -0.05) is 0 Å². The second-order valence-corrected chi connectivity index (χ2v) is 4.59. The highest BCUT2D eigenvalue weighted by atomic mass is 32.2. The highest BCUT2D eigenvalue weighted by molar-refractivity contribution is 8.00. The number of alkyl halides is 3. The standard InChI is InChI=1S/C10H12F3N3S/c1-16-7-8(4-9(16)5-14)6-15-2-3-17-10(11,12)13/h4,7,15H,2-3,6H2,1H3. The molecule has 3 nitrogen and oxygen atoms in total. The maximum absolute atomic E-state index is 11.8. The van der Waals surface area contributed by atoms with Gasteiger partial charge in [-0.3, -0.25) is 0 Å². The molecule has 0 aliphatic heterocycles. The summed E-state index contributed by atoms with van der Waals surface area (Å²) in [4.78, 5) is 0. The number of hydrogen-bond donors (Lipinski definition) is 1. The van der Waals surface area contributed by atoms with Gasteiger partial charge in [-0.25, -0.2) is 0 Å². The molecule has 0 saturated carbocycles. The van der Waals surface area contributed by atoms with E-state index in [1.54, 1.807) is 23.9 Å². The molecule has 0 unspecified atom stereocenters. The van der Waals surface area contributed by atoms with Crippen molar-refractivity contribution in [3.05, 3.63) is 23.5 Å².